The molecule has 2 bridgehead atoms. The van der Waals surface area contributed by atoms with E-state index >= 15 is 0 Å². The standard InChI is InChI=1S/C6H11N3O/c7-6(10)9-2-4-1-5(3-9)8-4/h4-5,8H,1-3H2,(H2,7,10). The van der Waals surface area contributed by atoms with E-state index in [-0.39, 0.29) is 6.03 Å². The number of carbonyl (C=O) groups is 1. The van der Waals surface area contributed by atoms with Gasteiger partial charge in [-0.2, -0.15) is 0 Å². The van der Waals surface area contributed by atoms with Crippen molar-refractivity contribution in [1.82, 2.24) is 10.2 Å². The molecular formula is C6H11N3O. The Labute approximate surface area is 59.4 Å². The van der Waals surface area contributed by atoms with Crippen LogP contribution in [0.1, 0.15) is 6.42 Å². The van der Waals surface area contributed by atoms with Gasteiger partial charge in [-0.15, -0.1) is 0 Å². The third-order valence-corrected chi connectivity index (χ3v) is 2.23. The molecule has 3 rings (SSSR count). The van der Waals surface area contributed by atoms with Crippen LogP contribution in [-0.4, -0.2) is 36.1 Å². The molecule has 2 unspecified atom stereocenters. The van der Waals surface area contributed by atoms with E-state index < -0.39 is 0 Å². The molecule has 0 aliphatic carbocycles. The summed E-state index contributed by atoms with van der Waals surface area (Å²) < 4.78 is 0. The van der Waals surface area contributed by atoms with Crippen molar-refractivity contribution in [3.8, 4) is 0 Å². The first-order valence-corrected chi connectivity index (χ1v) is 3.56. The van der Waals surface area contributed by atoms with Crippen LogP contribution in [0.5, 0.6) is 0 Å². The molecular weight excluding hydrogens is 130 g/mol. The third-order valence-electron chi connectivity index (χ3n) is 2.23. The number of carbonyl (C=O) groups excluding carboxylic acids is 1. The van der Waals surface area contributed by atoms with E-state index in [0.717, 1.165) is 13.1 Å². The molecule has 56 valence electrons. The lowest BCUT2D eigenvalue weighted by Gasteiger charge is -2.47. The van der Waals surface area contributed by atoms with Gasteiger partial charge in [-0.05, 0) is 6.42 Å². The van der Waals surface area contributed by atoms with E-state index in [9.17, 15) is 4.79 Å². The zero-order valence-corrected chi connectivity index (χ0v) is 5.71. The first kappa shape index (κ1) is 5.97. The lowest BCUT2D eigenvalue weighted by Crippen LogP contribution is -2.68. The molecule has 0 saturated carbocycles. The maximum atomic E-state index is 10.6. The molecule has 3 aliphatic heterocycles. The zero-order chi connectivity index (χ0) is 7.14. The van der Waals surface area contributed by atoms with Crippen molar-refractivity contribution in [2.75, 3.05) is 13.1 Å². The highest BCUT2D eigenvalue weighted by molar-refractivity contribution is 5.72. The van der Waals surface area contributed by atoms with Gasteiger partial charge in [0.05, 0.1) is 0 Å². The minimum absolute atomic E-state index is 0.281. The number of piperidine rings is 1. The highest BCUT2D eigenvalue weighted by Crippen LogP contribution is 2.19. The van der Waals surface area contributed by atoms with Gasteiger partial charge in [-0.3, -0.25) is 0 Å². The fourth-order valence-corrected chi connectivity index (χ4v) is 1.69. The van der Waals surface area contributed by atoms with Crippen LogP contribution < -0.4 is 11.1 Å². The highest BCUT2D eigenvalue weighted by atomic mass is 16.2. The molecule has 0 spiro atoms. The lowest BCUT2D eigenvalue weighted by atomic mass is 9.92. The predicted molar refractivity (Wildman–Crippen MR) is 36.5 cm³/mol. The summed E-state index contributed by atoms with van der Waals surface area (Å²) in [5.41, 5.74) is 5.11. The number of primary amides is 1. The van der Waals surface area contributed by atoms with Crippen molar-refractivity contribution < 1.29 is 4.79 Å². The van der Waals surface area contributed by atoms with Crippen LogP contribution in [0, 0.1) is 0 Å². The van der Waals surface area contributed by atoms with Crippen LogP contribution in [0.15, 0.2) is 0 Å². The van der Waals surface area contributed by atoms with Gasteiger partial charge >= 0.3 is 6.03 Å². The maximum Gasteiger partial charge on any atom is 0.314 e. The van der Waals surface area contributed by atoms with Gasteiger partial charge in [-0.25, -0.2) is 4.79 Å². The summed E-state index contributed by atoms with van der Waals surface area (Å²) >= 11 is 0. The van der Waals surface area contributed by atoms with Crippen molar-refractivity contribution in [1.29, 1.82) is 0 Å². The second kappa shape index (κ2) is 1.85. The second-order valence-electron chi connectivity index (χ2n) is 3.04. The first-order valence-electron chi connectivity index (χ1n) is 3.56. The molecule has 0 aromatic rings. The summed E-state index contributed by atoms with van der Waals surface area (Å²) in [5, 5.41) is 3.31. The Morgan fingerprint density at radius 3 is 2.30 bits per heavy atom. The molecule has 2 atom stereocenters. The number of rotatable bonds is 0. The summed E-state index contributed by atoms with van der Waals surface area (Å²) in [6.45, 7) is 1.59. The summed E-state index contributed by atoms with van der Waals surface area (Å²) in [4.78, 5) is 12.3. The molecule has 3 aliphatic rings. The summed E-state index contributed by atoms with van der Waals surface area (Å²) in [6.07, 6.45) is 1.21. The zero-order valence-electron chi connectivity index (χ0n) is 5.71. The molecule has 3 saturated heterocycles. The van der Waals surface area contributed by atoms with Gasteiger partial charge in [-0.1, -0.05) is 0 Å². The third kappa shape index (κ3) is 0.759. The minimum Gasteiger partial charge on any atom is -0.351 e. The molecule has 4 nitrogen and oxygen atoms in total. The average Bonchev–Trinajstić information content (AvgIpc) is 1.86. The average molecular weight is 141 g/mol. The summed E-state index contributed by atoms with van der Waals surface area (Å²) in [7, 11) is 0. The fraction of sp³-hybridized carbons (Fsp3) is 0.833. The number of hydrogen-bond donors (Lipinski definition) is 2. The molecule has 3 heterocycles. The second-order valence-corrected chi connectivity index (χ2v) is 3.04. The Morgan fingerprint density at radius 1 is 1.50 bits per heavy atom. The number of nitrogens with one attached hydrogen (secondary N) is 1. The van der Waals surface area contributed by atoms with Gasteiger partial charge in [0.25, 0.3) is 0 Å². The number of nitrogens with zero attached hydrogens (tertiary/aromatic N) is 1. The Hall–Kier alpha value is -0.770. The molecule has 0 aromatic carbocycles. The Kier molecular flexibility index (Phi) is 1.11. The van der Waals surface area contributed by atoms with Crippen LogP contribution in [0.4, 0.5) is 4.79 Å². The molecule has 3 N–H and O–H groups in total. The number of urea groups is 1. The number of fused-ring (bicyclic) bond motifs is 2. The predicted octanol–water partition coefficient (Wildman–Crippen LogP) is -0.889. The quantitative estimate of drug-likeness (QED) is 0.460. The van der Waals surface area contributed by atoms with Crippen molar-refractivity contribution in [2.45, 2.75) is 18.5 Å². The SMILES string of the molecule is NC(=O)N1CC2CC(C1)N2. The first-order chi connectivity index (χ1) is 4.75. The molecule has 0 radical (unpaired) electrons. The normalized spacial score (nSPS) is 37.0. The van der Waals surface area contributed by atoms with Crippen LogP contribution >= 0.6 is 0 Å². The Balaban J connectivity index is 1.97. The molecule has 10 heavy (non-hydrogen) atoms. The van der Waals surface area contributed by atoms with E-state index in [2.05, 4.69) is 5.32 Å². The largest absolute Gasteiger partial charge is 0.351 e. The van der Waals surface area contributed by atoms with Crippen LogP contribution in [-0.2, 0) is 0 Å². The lowest BCUT2D eigenvalue weighted by molar-refractivity contribution is 0.100. The van der Waals surface area contributed by atoms with E-state index in [0.29, 0.717) is 12.1 Å². The van der Waals surface area contributed by atoms with Crippen molar-refractivity contribution >= 4 is 6.03 Å². The molecule has 0 aromatic heterocycles. The topological polar surface area (TPSA) is 58.4 Å². The Morgan fingerprint density at radius 2 is 2.00 bits per heavy atom. The molecule has 3 fully saturated rings. The fourth-order valence-electron chi connectivity index (χ4n) is 1.69. The van der Waals surface area contributed by atoms with E-state index in [1.54, 1.807) is 4.90 Å². The summed E-state index contributed by atoms with van der Waals surface area (Å²) in [6, 6.07) is 0.758. The molecule has 4 heteroatoms. The van der Waals surface area contributed by atoms with Gasteiger partial charge in [0.2, 0.25) is 0 Å². The minimum atomic E-state index is -0.281. The van der Waals surface area contributed by atoms with Crippen LogP contribution in [0.2, 0.25) is 0 Å². The van der Waals surface area contributed by atoms with E-state index in [1.807, 2.05) is 0 Å². The maximum absolute atomic E-state index is 10.6. The summed E-state index contributed by atoms with van der Waals surface area (Å²) in [5.74, 6) is 0. The van der Waals surface area contributed by atoms with Crippen LogP contribution in [0.25, 0.3) is 0 Å². The van der Waals surface area contributed by atoms with Gasteiger partial charge in [0.1, 0.15) is 0 Å². The van der Waals surface area contributed by atoms with Crippen molar-refractivity contribution in [3.63, 3.8) is 0 Å². The smallest absolute Gasteiger partial charge is 0.314 e. The molecule has 2 amide bonds. The number of hydrogen-bond acceptors (Lipinski definition) is 2. The number of nitrogens with two attached hydrogens (primary N) is 1. The van der Waals surface area contributed by atoms with Crippen molar-refractivity contribution in [2.24, 2.45) is 5.73 Å². The van der Waals surface area contributed by atoms with Crippen LogP contribution in [0.3, 0.4) is 0 Å². The highest BCUT2D eigenvalue weighted by Gasteiger charge is 2.37. The van der Waals surface area contributed by atoms with Crippen molar-refractivity contribution in [3.05, 3.63) is 0 Å². The van der Waals surface area contributed by atoms with E-state index in [4.69, 9.17) is 5.73 Å². The van der Waals surface area contributed by atoms with Gasteiger partial charge in [0.15, 0.2) is 0 Å². The number of amides is 2. The van der Waals surface area contributed by atoms with E-state index in [1.165, 1.54) is 6.42 Å². The monoisotopic (exact) mass is 141 g/mol. The number of piperazine rings is 1. The van der Waals surface area contributed by atoms with Gasteiger partial charge in [0, 0.05) is 25.2 Å². The Bertz CT molecular complexity index is 154. The van der Waals surface area contributed by atoms with Gasteiger partial charge < -0.3 is 16.0 Å².